The quantitative estimate of drug-likeness (QED) is 0.310. The first kappa shape index (κ1) is 25.2. The van der Waals surface area contributed by atoms with Crippen LogP contribution in [0.3, 0.4) is 0 Å². The summed E-state index contributed by atoms with van der Waals surface area (Å²) in [4.78, 5) is 27.5. The number of amides is 1. The molecule has 0 spiro atoms. The monoisotopic (exact) mass is 518 g/mol. The molecule has 2 aromatic heterocycles. The maximum atomic E-state index is 13.6. The van der Waals surface area contributed by atoms with Gasteiger partial charge in [0.2, 0.25) is 0 Å². The van der Waals surface area contributed by atoms with Gasteiger partial charge in [-0.3, -0.25) is 4.79 Å². The number of alkyl halides is 3. The molecule has 2 aromatic carbocycles. The molecule has 7 nitrogen and oxygen atoms in total. The summed E-state index contributed by atoms with van der Waals surface area (Å²) < 4.78 is 54.8. The molecule has 0 aliphatic carbocycles. The zero-order valence-electron chi connectivity index (χ0n) is 18.8. The summed E-state index contributed by atoms with van der Waals surface area (Å²) in [7, 11) is 0. The summed E-state index contributed by atoms with van der Waals surface area (Å²) in [5, 5.41) is 3.92. The lowest BCUT2D eigenvalue weighted by Crippen LogP contribution is -2.37. The van der Waals surface area contributed by atoms with Gasteiger partial charge in [-0.25, -0.2) is 19.3 Å². The van der Waals surface area contributed by atoms with E-state index in [9.17, 15) is 22.4 Å². The van der Waals surface area contributed by atoms with Crippen molar-refractivity contribution in [1.29, 1.82) is 0 Å². The number of rotatable bonds is 7. The summed E-state index contributed by atoms with van der Waals surface area (Å²) in [6.07, 6.45) is -0.0819. The number of nitrogens with zero attached hydrogens (tertiary/aromatic N) is 6. The molecule has 0 N–H and O–H groups in total. The fraction of sp³-hybridized carbons (Fsp3) is 0.208. The number of halogens is 5. The first-order valence-electron chi connectivity index (χ1n) is 10.7. The van der Waals surface area contributed by atoms with E-state index in [0.29, 0.717) is 12.2 Å². The van der Waals surface area contributed by atoms with Crippen LogP contribution in [0.5, 0.6) is 0 Å². The Kier molecular flexibility index (Phi) is 7.30. The smallest absolute Gasteiger partial charge is 0.328 e. The second-order valence-electron chi connectivity index (χ2n) is 7.86. The third-order valence-corrected chi connectivity index (χ3v) is 5.66. The van der Waals surface area contributed by atoms with Crippen LogP contribution in [0.4, 0.5) is 17.6 Å². The molecule has 12 heteroatoms. The van der Waals surface area contributed by atoms with E-state index in [0.717, 1.165) is 17.7 Å². The molecule has 0 aliphatic heterocycles. The van der Waals surface area contributed by atoms with Gasteiger partial charge in [0.15, 0.2) is 5.82 Å². The van der Waals surface area contributed by atoms with E-state index in [4.69, 9.17) is 11.6 Å². The molecule has 4 aromatic rings. The second kappa shape index (κ2) is 10.4. The Morgan fingerprint density at radius 1 is 1.08 bits per heavy atom. The van der Waals surface area contributed by atoms with Crippen LogP contribution in [0.25, 0.3) is 5.95 Å². The van der Waals surface area contributed by atoms with Gasteiger partial charge in [-0.05, 0) is 55.3 Å². The Bertz CT molecular complexity index is 1340. The van der Waals surface area contributed by atoms with Gasteiger partial charge in [0.1, 0.15) is 12.1 Å². The number of benzene rings is 2. The Hall–Kier alpha value is -3.86. The molecule has 186 valence electrons. The molecule has 0 saturated carbocycles. The van der Waals surface area contributed by atoms with Gasteiger partial charge in [-0.1, -0.05) is 23.7 Å². The van der Waals surface area contributed by atoms with E-state index in [1.807, 2.05) is 0 Å². The topological polar surface area (TPSA) is 76.8 Å². The first-order chi connectivity index (χ1) is 17.1. The third kappa shape index (κ3) is 5.68. The number of hydrogen-bond donors (Lipinski definition) is 0. The summed E-state index contributed by atoms with van der Waals surface area (Å²) in [6.45, 7) is 1.75. The largest absolute Gasteiger partial charge is 0.416 e. The number of carbonyl (C=O) groups is 1. The molecule has 2 heterocycles. The molecular weight excluding hydrogens is 500 g/mol. The molecule has 0 aliphatic rings. The molecule has 0 radical (unpaired) electrons. The van der Waals surface area contributed by atoms with Crippen molar-refractivity contribution in [3.05, 3.63) is 101 Å². The lowest BCUT2D eigenvalue weighted by atomic mass is 10.1. The Morgan fingerprint density at radius 2 is 1.78 bits per heavy atom. The van der Waals surface area contributed by atoms with Crippen molar-refractivity contribution < 1.29 is 22.4 Å². The van der Waals surface area contributed by atoms with Gasteiger partial charge in [0.25, 0.3) is 11.9 Å². The molecule has 1 amide bonds. The normalized spacial score (nSPS) is 12.4. The van der Waals surface area contributed by atoms with Gasteiger partial charge < -0.3 is 4.90 Å². The van der Waals surface area contributed by atoms with Crippen molar-refractivity contribution >= 4 is 17.5 Å². The lowest BCUT2D eigenvalue weighted by molar-refractivity contribution is -0.137. The first-order valence-corrected chi connectivity index (χ1v) is 11.1. The molecule has 36 heavy (non-hydrogen) atoms. The highest BCUT2D eigenvalue weighted by Crippen LogP contribution is 2.33. The van der Waals surface area contributed by atoms with Crippen LogP contribution in [-0.4, -0.2) is 42.1 Å². The van der Waals surface area contributed by atoms with Crippen LogP contribution < -0.4 is 0 Å². The molecule has 0 bridgehead atoms. The standard InChI is InChI=1S/C24H19ClF4N6O/c1-15(21-32-14-33-35(21)23-30-8-2-9-31-23)34(10-7-16-3-5-20(26)6-4-16)22(36)17-11-18(24(27,28)29)13-19(25)12-17/h2-6,8-9,11-15H,7,10H2,1H3. The van der Waals surface area contributed by atoms with Crippen LogP contribution in [-0.2, 0) is 12.6 Å². The van der Waals surface area contributed by atoms with Gasteiger partial charge in [0, 0.05) is 29.5 Å². The molecule has 4 rings (SSSR count). The predicted octanol–water partition coefficient (Wildman–Crippen LogP) is 5.31. The van der Waals surface area contributed by atoms with Crippen LogP contribution in [0.1, 0.15) is 40.3 Å². The van der Waals surface area contributed by atoms with E-state index >= 15 is 0 Å². The van der Waals surface area contributed by atoms with Crippen molar-refractivity contribution in [3.63, 3.8) is 0 Å². The number of aromatic nitrogens is 5. The van der Waals surface area contributed by atoms with Gasteiger partial charge in [-0.2, -0.15) is 23.0 Å². The summed E-state index contributed by atoms with van der Waals surface area (Å²) in [5.41, 5.74) is -0.538. The van der Waals surface area contributed by atoms with E-state index in [1.54, 1.807) is 25.1 Å². The average molecular weight is 519 g/mol. The van der Waals surface area contributed by atoms with Crippen molar-refractivity contribution in [3.8, 4) is 5.95 Å². The number of hydrogen-bond acceptors (Lipinski definition) is 5. The van der Waals surface area contributed by atoms with Gasteiger partial charge >= 0.3 is 6.18 Å². The molecule has 0 saturated heterocycles. The Labute approximate surface area is 208 Å². The third-order valence-electron chi connectivity index (χ3n) is 5.44. The predicted molar refractivity (Wildman–Crippen MR) is 123 cm³/mol. The van der Waals surface area contributed by atoms with Gasteiger partial charge in [-0.15, -0.1) is 0 Å². The molecule has 1 atom stereocenters. The van der Waals surface area contributed by atoms with Crippen molar-refractivity contribution in [2.75, 3.05) is 6.54 Å². The maximum Gasteiger partial charge on any atom is 0.416 e. The summed E-state index contributed by atoms with van der Waals surface area (Å²) in [6, 6.07) is 9.31. The maximum absolute atomic E-state index is 13.6. The average Bonchev–Trinajstić information content (AvgIpc) is 3.35. The van der Waals surface area contributed by atoms with Crippen molar-refractivity contribution in [2.45, 2.75) is 25.6 Å². The van der Waals surface area contributed by atoms with Crippen LogP contribution in [0, 0.1) is 5.82 Å². The minimum atomic E-state index is -4.69. The molecule has 1 unspecified atom stereocenters. The highest BCUT2D eigenvalue weighted by atomic mass is 35.5. The zero-order chi connectivity index (χ0) is 25.9. The van der Waals surface area contributed by atoms with Crippen molar-refractivity contribution in [2.24, 2.45) is 0 Å². The van der Waals surface area contributed by atoms with Crippen LogP contribution in [0.2, 0.25) is 5.02 Å². The minimum Gasteiger partial charge on any atom is -0.328 e. The fourth-order valence-corrected chi connectivity index (χ4v) is 3.88. The second-order valence-corrected chi connectivity index (χ2v) is 8.29. The minimum absolute atomic E-state index is 0.0853. The van der Waals surface area contributed by atoms with Crippen molar-refractivity contribution in [1.82, 2.24) is 29.6 Å². The lowest BCUT2D eigenvalue weighted by Gasteiger charge is -2.29. The van der Waals surface area contributed by atoms with E-state index in [1.165, 1.54) is 46.5 Å². The summed E-state index contributed by atoms with van der Waals surface area (Å²) >= 11 is 5.93. The van der Waals surface area contributed by atoms with Crippen LogP contribution >= 0.6 is 11.6 Å². The highest BCUT2D eigenvalue weighted by molar-refractivity contribution is 6.31. The fourth-order valence-electron chi connectivity index (χ4n) is 3.64. The van der Waals surface area contributed by atoms with Gasteiger partial charge in [0.05, 0.1) is 11.6 Å². The van der Waals surface area contributed by atoms with E-state index in [2.05, 4.69) is 20.1 Å². The Balaban J connectivity index is 1.71. The number of carbonyl (C=O) groups excluding carboxylic acids is 1. The SMILES string of the molecule is CC(c1ncnn1-c1ncccn1)N(CCc1ccc(F)cc1)C(=O)c1cc(Cl)cc(C(F)(F)F)c1. The summed E-state index contributed by atoms with van der Waals surface area (Å²) in [5.74, 6) is -0.590. The zero-order valence-corrected chi connectivity index (χ0v) is 19.6. The van der Waals surface area contributed by atoms with E-state index < -0.39 is 29.5 Å². The molecular formula is C24H19ClF4N6O. The van der Waals surface area contributed by atoms with E-state index in [-0.39, 0.29) is 23.1 Å². The van der Waals surface area contributed by atoms with Crippen LogP contribution in [0.15, 0.2) is 67.3 Å². The Morgan fingerprint density at radius 3 is 2.44 bits per heavy atom. The molecule has 0 fully saturated rings. The highest BCUT2D eigenvalue weighted by Gasteiger charge is 2.33.